The fourth-order valence-electron chi connectivity index (χ4n) is 0.360. The van der Waals surface area contributed by atoms with Gasteiger partial charge >= 0.3 is 0 Å². The lowest BCUT2D eigenvalue weighted by Gasteiger charge is -1.97. The molecule has 0 radical (unpaired) electrons. The van der Waals surface area contributed by atoms with Crippen LogP contribution in [0.3, 0.4) is 0 Å². The first-order valence-corrected chi connectivity index (χ1v) is 4.60. The van der Waals surface area contributed by atoms with Crippen molar-refractivity contribution in [3.8, 4) is 0 Å². The normalized spacial score (nSPS) is 11.8. The van der Waals surface area contributed by atoms with Crippen LogP contribution in [0.2, 0.25) is 0 Å². The molecule has 9 heavy (non-hydrogen) atoms. The largest absolute Gasteiger partial charge is 0.330 e. The molecule has 0 bridgehead atoms. The van der Waals surface area contributed by atoms with Gasteiger partial charge in [0.25, 0.3) is 0 Å². The van der Waals surface area contributed by atoms with Crippen molar-refractivity contribution in [2.45, 2.75) is 6.42 Å². The Morgan fingerprint density at radius 2 is 2.11 bits per heavy atom. The quantitative estimate of drug-likeness (QED) is 0.501. The third-order valence-corrected chi connectivity index (χ3v) is 1.47. The molecule has 0 aliphatic carbocycles. The van der Waals surface area contributed by atoms with Crippen molar-refractivity contribution >= 4 is 10.0 Å². The van der Waals surface area contributed by atoms with Crippen LogP contribution in [0.5, 0.6) is 0 Å². The first kappa shape index (κ1) is 8.87. The van der Waals surface area contributed by atoms with Crippen LogP contribution < -0.4 is 10.5 Å². The highest BCUT2D eigenvalue weighted by molar-refractivity contribution is 7.88. The molecule has 0 spiro atoms. The van der Waals surface area contributed by atoms with Crippen LogP contribution >= 0.6 is 0 Å². The maximum Gasteiger partial charge on any atom is 0.208 e. The Bertz CT molecular complexity index is 152. The van der Waals surface area contributed by atoms with Gasteiger partial charge in [-0.3, -0.25) is 0 Å². The minimum atomic E-state index is -3.00. The van der Waals surface area contributed by atoms with E-state index in [0.29, 0.717) is 19.5 Å². The molecule has 0 heterocycles. The maximum absolute atomic E-state index is 10.4. The van der Waals surface area contributed by atoms with Crippen molar-refractivity contribution in [2.75, 3.05) is 19.3 Å². The molecule has 4 nitrogen and oxygen atoms in total. The molecular weight excluding hydrogens is 140 g/mol. The minimum Gasteiger partial charge on any atom is -0.330 e. The summed E-state index contributed by atoms with van der Waals surface area (Å²) in [5.41, 5.74) is 5.12. The lowest BCUT2D eigenvalue weighted by molar-refractivity contribution is 0.586. The number of hydrogen-bond donors (Lipinski definition) is 2. The third-order valence-electron chi connectivity index (χ3n) is 0.745. The summed E-state index contributed by atoms with van der Waals surface area (Å²) in [5.74, 6) is 0. The van der Waals surface area contributed by atoms with E-state index < -0.39 is 10.0 Å². The van der Waals surface area contributed by atoms with Gasteiger partial charge in [-0.1, -0.05) is 0 Å². The molecule has 56 valence electrons. The van der Waals surface area contributed by atoms with Gasteiger partial charge in [-0.15, -0.1) is 0 Å². The topological polar surface area (TPSA) is 72.2 Å². The highest BCUT2D eigenvalue weighted by atomic mass is 32.2. The van der Waals surface area contributed by atoms with E-state index in [1.54, 1.807) is 0 Å². The van der Waals surface area contributed by atoms with Gasteiger partial charge in [0.2, 0.25) is 10.0 Å². The molecule has 0 aromatic carbocycles. The lowest BCUT2D eigenvalue weighted by Crippen LogP contribution is -2.24. The molecule has 0 saturated heterocycles. The van der Waals surface area contributed by atoms with Crippen LogP contribution in [0.25, 0.3) is 0 Å². The van der Waals surface area contributed by atoms with E-state index in [2.05, 4.69) is 4.72 Å². The summed E-state index contributed by atoms with van der Waals surface area (Å²) < 4.78 is 23.0. The predicted molar refractivity (Wildman–Crippen MR) is 36.5 cm³/mol. The Morgan fingerprint density at radius 1 is 1.56 bits per heavy atom. The zero-order valence-electron chi connectivity index (χ0n) is 5.42. The van der Waals surface area contributed by atoms with Gasteiger partial charge in [0.15, 0.2) is 0 Å². The van der Waals surface area contributed by atoms with Crippen molar-refractivity contribution < 1.29 is 8.42 Å². The van der Waals surface area contributed by atoms with E-state index in [9.17, 15) is 8.42 Å². The standard InChI is InChI=1S/C4H12N2O2S/c1-9(7,8)6-4-2-3-5/h6H,2-5H2,1H3. The van der Waals surface area contributed by atoms with Crippen LogP contribution in [0, 0.1) is 0 Å². The summed E-state index contributed by atoms with van der Waals surface area (Å²) in [5, 5.41) is 0. The van der Waals surface area contributed by atoms with E-state index in [1.165, 1.54) is 0 Å². The Kier molecular flexibility index (Phi) is 3.76. The summed E-state index contributed by atoms with van der Waals surface area (Å²) in [7, 11) is -3.00. The summed E-state index contributed by atoms with van der Waals surface area (Å²) in [6.45, 7) is 0.956. The zero-order valence-corrected chi connectivity index (χ0v) is 6.24. The minimum absolute atomic E-state index is 0.440. The van der Waals surface area contributed by atoms with Gasteiger partial charge in [0.05, 0.1) is 6.26 Å². The first-order valence-electron chi connectivity index (χ1n) is 2.71. The molecule has 0 amide bonds. The number of nitrogens with one attached hydrogen (secondary N) is 1. The fraction of sp³-hybridized carbons (Fsp3) is 1.00. The van der Waals surface area contributed by atoms with Gasteiger partial charge < -0.3 is 5.73 Å². The Balaban J connectivity index is 3.30. The van der Waals surface area contributed by atoms with Crippen LogP contribution in [-0.2, 0) is 10.0 Å². The molecule has 0 fully saturated rings. The Labute approximate surface area is 55.5 Å². The number of sulfonamides is 1. The summed E-state index contributed by atoms with van der Waals surface area (Å²) in [4.78, 5) is 0. The summed E-state index contributed by atoms with van der Waals surface area (Å²) in [6, 6.07) is 0. The molecule has 0 aromatic rings. The second-order valence-corrected chi connectivity index (χ2v) is 3.64. The van der Waals surface area contributed by atoms with Crippen molar-refractivity contribution in [2.24, 2.45) is 5.73 Å². The van der Waals surface area contributed by atoms with Gasteiger partial charge in [-0.2, -0.15) is 0 Å². The van der Waals surface area contributed by atoms with E-state index in [1.807, 2.05) is 0 Å². The third kappa shape index (κ3) is 7.87. The average Bonchev–Trinajstić information content (AvgIpc) is 1.63. The molecule has 5 heteroatoms. The molecule has 0 rings (SSSR count). The Morgan fingerprint density at radius 3 is 2.44 bits per heavy atom. The first-order chi connectivity index (χ1) is 4.06. The molecule has 0 saturated carbocycles. The fourth-order valence-corrected chi connectivity index (χ4v) is 0.875. The zero-order chi connectivity index (χ0) is 7.33. The van der Waals surface area contributed by atoms with Crippen LogP contribution in [0.4, 0.5) is 0 Å². The number of hydrogen-bond acceptors (Lipinski definition) is 3. The highest BCUT2D eigenvalue weighted by Gasteiger charge is 1.96. The van der Waals surface area contributed by atoms with Gasteiger partial charge in [-0.05, 0) is 13.0 Å². The highest BCUT2D eigenvalue weighted by Crippen LogP contribution is 1.74. The molecule has 3 N–H and O–H groups in total. The van der Waals surface area contributed by atoms with Gasteiger partial charge in [-0.25, -0.2) is 13.1 Å². The van der Waals surface area contributed by atoms with Gasteiger partial charge in [0.1, 0.15) is 0 Å². The van der Waals surface area contributed by atoms with E-state index in [4.69, 9.17) is 5.73 Å². The van der Waals surface area contributed by atoms with Crippen LogP contribution in [0.1, 0.15) is 6.42 Å². The lowest BCUT2D eigenvalue weighted by atomic mass is 10.4. The molecule has 0 atom stereocenters. The Hall–Kier alpha value is -0.130. The maximum atomic E-state index is 10.4. The second kappa shape index (κ2) is 3.81. The number of rotatable bonds is 4. The second-order valence-electron chi connectivity index (χ2n) is 1.81. The smallest absolute Gasteiger partial charge is 0.208 e. The van der Waals surface area contributed by atoms with Gasteiger partial charge in [0, 0.05) is 6.54 Å². The van der Waals surface area contributed by atoms with Crippen LogP contribution in [0.15, 0.2) is 0 Å². The van der Waals surface area contributed by atoms with E-state index in [-0.39, 0.29) is 0 Å². The van der Waals surface area contributed by atoms with Crippen molar-refractivity contribution in [3.63, 3.8) is 0 Å². The van der Waals surface area contributed by atoms with Crippen molar-refractivity contribution in [3.05, 3.63) is 0 Å². The summed E-state index contributed by atoms with van der Waals surface area (Å²) >= 11 is 0. The number of nitrogens with two attached hydrogens (primary N) is 1. The average molecular weight is 152 g/mol. The van der Waals surface area contributed by atoms with E-state index in [0.717, 1.165) is 6.26 Å². The van der Waals surface area contributed by atoms with Crippen LogP contribution in [-0.4, -0.2) is 27.8 Å². The van der Waals surface area contributed by atoms with Crippen molar-refractivity contribution in [1.29, 1.82) is 0 Å². The molecular formula is C4H12N2O2S. The predicted octanol–water partition coefficient (Wildman–Crippen LogP) is -1.12. The van der Waals surface area contributed by atoms with Crippen molar-refractivity contribution in [1.82, 2.24) is 4.72 Å². The molecule has 0 aromatic heterocycles. The SMILES string of the molecule is CS(=O)(=O)NCCCN. The molecule has 0 unspecified atom stereocenters. The van der Waals surface area contributed by atoms with E-state index >= 15 is 0 Å². The summed E-state index contributed by atoms with van der Waals surface area (Å²) in [6.07, 6.45) is 1.82. The molecule has 0 aliphatic heterocycles. The monoisotopic (exact) mass is 152 g/mol. The molecule has 0 aliphatic rings.